The first-order valence-corrected chi connectivity index (χ1v) is 7.38. The largest absolute Gasteiger partial charge is 0.399 e. The number of hydrogen-bond donors (Lipinski definition) is 2. The highest BCUT2D eigenvalue weighted by Crippen LogP contribution is 2.06. The molecule has 1 atom stereocenters. The molecule has 0 heterocycles. The monoisotopic (exact) mass is 293 g/mol. The third kappa shape index (κ3) is 7.68. The van der Waals surface area contributed by atoms with E-state index in [0.717, 1.165) is 18.5 Å². The van der Waals surface area contributed by atoms with Crippen LogP contribution in [0.1, 0.15) is 18.9 Å². The van der Waals surface area contributed by atoms with Crippen LogP contribution in [0.3, 0.4) is 0 Å². The van der Waals surface area contributed by atoms with E-state index in [1.807, 2.05) is 45.3 Å². The van der Waals surface area contributed by atoms with E-state index < -0.39 is 0 Å². The Morgan fingerprint density at radius 3 is 2.57 bits per heavy atom. The third-order valence-corrected chi connectivity index (χ3v) is 3.17. The molecule has 0 fully saturated rings. The van der Waals surface area contributed by atoms with Crippen molar-refractivity contribution in [1.29, 1.82) is 0 Å². The molecular formula is C16H27N3O2. The van der Waals surface area contributed by atoms with Gasteiger partial charge in [-0.1, -0.05) is 12.1 Å². The second-order valence-corrected chi connectivity index (χ2v) is 5.39. The summed E-state index contributed by atoms with van der Waals surface area (Å²) in [6, 6.07) is 7.37. The van der Waals surface area contributed by atoms with Gasteiger partial charge in [-0.25, -0.2) is 0 Å². The van der Waals surface area contributed by atoms with Crippen LogP contribution in [0, 0.1) is 0 Å². The maximum Gasteiger partial charge on any atom is 0.224 e. The van der Waals surface area contributed by atoms with Crippen molar-refractivity contribution >= 4 is 11.6 Å². The van der Waals surface area contributed by atoms with Gasteiger partial charge in [0, 0.05) is 25.4 Å². The number of carbonyl (C=O) groups is 1. The predicted octanol–water partition coefficient (Wildman–Crippen LogP) is 1.28. The molecule has 3 N–H and O–H groups in total. The summed E-state index contributed by atoms with van der Waals surface area (Å²) < 4.78 is 5.65. The predicted molar refractivity (Wildman–Crippen MR) is 86.2 cm³/mol. The van der Waals surface area contributed by atoms with Gasteiger partial charge < -0.3 is 20.7 Å². The average Bonchev–Trinajstić information content (AvgIpc) is 2.44. The molecule has 0 aliphatic heterocycles. The summed E-state index contributed by atoms with van der Waals surface area (Å²) in [5, 5.41) is 2.94. The first-order valence-electron chi connectivity index (χ1n) is 7.38. The number of amides is 1. The Morgan fingerprint density at radius 2 is 2.00 bits per heavy atom. The minimum absolute atomic E-state index is 0.00864. The lowest BCUT2D eigenvalue weighted by molar-refractivity contribution is -0.121. The van der Waals surface area contributed by atoms with Crippen LogP contribution < -0.4 is 11.1 Å². The summed E-state index contributed by atoms with van der Waals surface area (Å²) in [7, 11) is 4.06. The standard InChI is InChI=1S/C16H27N3O2/c1-4-21-15(9-10-19(2)3)12-18-16(20)11-13-5-7-14(17)8-6-13/h5-8,15H,4,9-12,17H2,1-3H3,(H,18,20). The Balaban J connectivity index is 2.36. The van der Waals surface area contributed by atoms with Gasteiger partial charge >= 0.3 is 0 Å². The van der Waals surface area contributed by atoms with Gasteiger partial charge in [0.1, 0.15) is 0 Å². The first-order chi connectivity index (χ1) is 10.0. The fourth-order valence-corrected chi connectivity index (χ4v) is 1.99. The third-order valence-electron chi connectivity index (χ3n) is 3.17. The van der Waals surface area contributed by atoms with E-state index in [2.05, 4.69) is 10.2 Å². The summed E-state index contributed by atoms with van der Waals surface area (Å²) in [5.41, 5.74) is 7.29. The highest BCUT2D eigenvalue weighted by Gasteiger charge is 2.11. The van der Waals surface area contributed by atoms with Gasteiger partial charge in [0.15, 0.2) is 0 Å². The fourth-order valence-electron chi connectivity index (χ4n) is 1.99. The lowest BCUT2D eigenvalue weighted by Gasteiger charge is -2.19. The molecule has 1 amide bonds. The van der Waals surface area contributed by atoms with E-state index >= 15 is 0 Å². The van der Waals surface area contributed by atoms with Gasteiger partial charge in [-0.05, 0) is 45.1 Å². The molecule has 5 nitrogen and oxygen atoms in total. The zero-order valence-corrected chi connectivity index (χ0v) is 13.3. The van der Waals surface area contributed by atoms with E-state index in [1.165, 1.54) is 0 Å². The summed E-state index contributed by atoms with van der Waals surface area (Å²) in [5.74, 6) is 0.00864. The molecule has 0 aliphatic rings. The van der Waals surface area contributed by atoms with Gasteiger partial charge in [0.05, 0.1) is 12.5 Å². The van der Waals surface area contributed by atoms with Crippen molar-refractivity contribution in [3.8, 4) is 0 Å². The topological polar surface area (TPSA) is 67.6 Å². The maximum absolute atomic E-state index is 11.9. The van der Waals surface area contributed by atoms with Crippen molar-refractivity contribution < 1.29 is 9.53 Å². The van der Waals surface area contributed by atoms with Crippen LogP contribution in [-0.4, -0.2) is 50.7 Å². The van der Waals surface area contributed by atoms with Crippen LogP contribution >= 0.6 is 0 Å². The van der Waals surface area contributed by atoms with Crippen LogP contribution in [0.4, 0.5) is 5.69 Å². The van der Waals surface area contributed by atoms with Crippen LogP contribution in [0.15, 0.2) is 24.3 Å². The van der Waals surface area contributed by atoms with E-state index in [9.17, 15) is 4.79 Å². The van der Waals surface area contributed by atoms with Crippen molar-refractivity contribution in [2.45, 2.75) is 25.9 Å². The number of anilines is 1. The van der Waals surface area contributed by atoms with Gasteiger partial charge in [0.25, 0.3) is 0 Å². The molecule has 0 bridgehead atoms. The van der Waals surface area contributed by atoms with E-state index in [-0.39, 0.29) is 12.0 Å². The lowest BCUT2D eigenvalue weighted by Crippen LogP contribution is -2.36. The van der Waals surface area contributed by atoms with Gasteiger partial charge in [-0.2, -0.15) is 0 Å². The molecule has 1 unspecified atom stereocenters. The Morgan fingerprint density at radius 1 is 1.33 bits per heavy atom. The number of nitrogens with one attached hydrogen (secondary N) is 1. The highest BCUT2D eigenvalue weighted by atomic mass is 16.5. The summed E-state index contributed by atoms with van der Waals surface area (Å²) in [4.78, 5) is 14.0. The SMILES string of the molecule is CCOC(CCN(C)C)CNC(=O)Cc1ccc(N)cc1. The minimum Gasteiger partial charge on any atom is -0.399 e. The fraction of sp³-hybridized carbons (Fsp3) is 0.562. The Hall–Kier alpha value is -1.59. The van der Waals surface area contributed by atoms with Gasteiger partial charge in [0.2, 0.25) is 5.91 Å². The first kappa shape index (κ1) is 17.5. The minimum atomic E-state index is 0.00864. The number of carbonyl (C=O) groups excluding carboxylic acids is 1. The molecule has 0 spiro atoms. The zero-order valence-electron chi connectivity index (χ0n) is 13.3. The van der Waals surface area contributed by atoms with Crippen LogP contribution in [0.5, 0.6) is 0 Å². The number of nitrogen functional groups attached to an aromatic ring is 1. The zero-order chi connectivity index (χ0) is 15.7. The van der Waals surface area contributed by atoms with Crippen molar-refractivity contribution in [1.82, 2.24) is 10.2 Å². The Bertz CT molecular complexity index is 418. The molecule has 5 heteroatoms. The second-order valence-electron chi connectivity index (χ2n) is 5.39. The van der Waals surface area contributed by atoms with Gasteiger partial charge in [-0.3, -0.25) is 4.79 Å². The number of hydrogen-bond acceptors (Lipinski definition) is 4. The quantitative estimate of drug-likeness (QED) is 0.673. The number of nitrogens with two attached hydrogens (primary N) is 1. The number of ether oxygens (including phenoxy) is 1. The summed E-state index contributed by atoms with van der Waals surface area (Å²) in [6.45, 7) is 4.12. The number of nitrogens with zero attached hydrogens (tertiary/aromatic N) is 1. The second kappa shape index (κ2) is 9.37. The van der Waals surface area contributed by atoms with Crippen LogP contribution in [0.2, 0.25) is 0 Å². The highest BCUT2D eigenvalue weighted by molar-refractivity contribution is 5.78. The molecule has 0 aliphatic carbocycles. The normalized spacial score (nSPS) is 12.4. The molecular weight excluding hydrogens is 266 g/mol. The smallest absolute Gasteiger partial charge is 0.224 e. The van der Waals surface area contributed by atoms with Crippen LogP contribution in [-0.2, 0) is 16.0 Å². The van der Waals surface area contributed by atoms with E-state index in [1.54, 1.807) is 0 Å². The van der Waals surface area contributed by atoms with E-state index in [0.29, 0.717) is 25.3 Å². The van der Waals surface area contributed by atoms with Crippen molar-refractivity contribution in [3.05, 3.63) is 29.8 Å². The van der Waals surface area contributed by atoms with Crippen LogP contribution in [0.25, 0.3) is 0 Å². The molecule has 21 heavy (non-hydrogen) atoms. The molecule has 0 aromatic heterocycles. The Labute approximate surface area is 127 Å². The van der Waals surface area contributed by atoms with E-state index in [4.69, 9.17) is 10.5 Å². The Kier molecular flexibility index (Phi) is 7.79. The number of benzene rings is 1. The summed E-state index contributed by atoms with van der Waals surface area (Å²) >= 11 is 0. The van der Waals surface area contributed by atoms with Crippen molar-refractivity contribution in [2.75, 3.05) is 39.5 Å². The summed E-state index contributed by atoms with van der Waals surface area (Å²) in [6.07, 6.45) is 1.34. The average molecular weight is 293 g/mol. The van der Waals surface area contributed by atoms with Gasteiger partial charge in [-0.15, -0.1) is 0 Å². The molecule has 118 valence electrons. The number of rotatable bonds is 9. The molecule has 0 saturated carbocycles. The molecule has 1 aromatic carbocycles. The molecule has 0 radical (unpaired) electrons. The van der Waals surface area contributed by atoms with Crippen molar-refractivity contribution in [2.24, 2.45) is 0 Å². The van der Waals surface area contributed by atoms with Crippen molar-refractivity contribution in [3.63, 3.8) is 0 Å². The molecule has 1 rings (SSSR count). The lowest BCUT2D eigenvalue weighted by atomic mass is 10.1. The maximum atomic E-state index is 11.9. The molecule has 0 saturated heterocycles. The molecule has 1 aromatic rings.